The molecule has 0 saturated carbocycles. The molecule has 2 amide bonds. The van der Waals surface area contributed by atoms with Gasteiger partial charge in [-0.25, -0.2) is 0 Å². The number of carbonyl (C=O) groups excluding carboxylic acids is 2. The van der Waals surface area contributed by atoms with Crippen LogP contribution in [0.1, 0.15) is 36.2 Å². The van der Waals surface area contributed by atoms with Crippen molar-refractivity contribution in [2.45, 2.75) is 31.2 Å². The standard InChI is InChI=1S/C14H19ClN4O2/c1-17-7-3-5-14(13(17)21)6-4-8-19(14)12(20)11-10(15)9-16-18(11)2/h9H,3-8H2,1-2H3. The Bertz CT molecular complexity index is 580. The first-order valence-electron chi connectivity index (χ1n) is 7.22. The van der Waals surface area contributed by atoms with Gasteiger partial charge in [0.1, 0.15) is 11.2 Å². The Morgan fingerprint density at radius 3 is 2.57 bits per heavy atom. The number of likely N-dealkylation sites (N-methyl/N-ethyl adjacent to an activating group) is 1. The first kappa shape index (κ1) is 14.4. The number of amides is 2. The lowest BCUT2D eigenvalue weighted by Crippen LogP contribution is -2.60. The minimum atomic E-state index is -0.683. The van der Waals surface area contributed by atoms with E-state index in [1.807, 2.05) is 0 Å². The molecule has 1 spiro atoms. The van der Waals surface area contributed by atoms with Gasteiger partial charge in [-0.3, -0.25) is 14.3 Å². The molecule has 7 heteroatoms. The van der Waals surface area contributed by atoms with Crippen LogP contribution >= 0.6 is 11.6 Å². The van der Waals surface area contributed by atoms with Gasteiger partial charge in [0.05, 0.1) is 11.2 Å². The van der Waals surface area contributed by atoms with E-state index >= 15 is 0 Å². The smallest absolute Gasteiger partial charge is 0.274 e. The fraction of sp³-hybridized carbons (Fsp3) is 0.643. The topological polar surface area (TPSA) is 58.4 Å². The summed E-state index contributed by atoms with van der Waals surface area (Å²) in [5.74, 6) is -0.140. The maximum absolute atomic E-state index is 12.9. The molecule has 2 aliphatic heterocycles. The summed E-state index contributed by atoms with van der Waals surface area (Å²) >= 11 is 6.08. The zero-order valence-corrected chi connectivity index (χ0v) is 13.1. The summed E-state index contributed by atoms with van der Waals surface area (Å²) in [7, 11) is 3.50. The predicted octanol–water partition coefficient (Wildman–Crippen LogP) is 1.30. The minimum Gasteiger partial charge on any atom is -0.344 e. The van der Waals surface area contributed by atoms with Crippen molar-refractivity contribution in [3.8, 4) is 0 Å². The van der Waals surface area contributed by atoms with Gasteiger partial charge in [-0.2, -0.15) is 5.10 Å². The van der Waals surface area contributed by atoms with Gasteiger partial charge in [0.25, 0.3) is 5.91 Å². The molecular weight excluding hydrogens is 292 g/mol. The number of rotatable bonds is 1. The van der Waals surface area contributed by atoms with E-state index in [0.29, 0.717) is 17.3 Å². The SMILES string of the molecule is CN1CCCC2(CCCN2C(=O)c2c(Cl)cnn2C)C1=O. The number of piperidine rings is 1. The molecule has 114 valence electrons. The molecule has 2 fully saturated rings. The maximum Gasteiger partial charge on any atom is 0.274 e. The van der Waals surface area contributed by atoms with E-state index in [2.05, 4.69) is 5.10 Å². The highest BCUT2D eigenvalue weighted by atomic mass is 35.5. The fourth-order valence-corrected chi connectivity index (χ4v) is 3.86. The summed E-state index contributed by atoms with van der Waals surface area (Å²) in [5.41, 5.74) is -0.323. The van der Waals surface area contributed by atoms with E-state index in [4.69, 9.17) is 11.6 Å². The number of halogens is 1. The first-order valence-corrected chi connectivity index (χ1v) is 7.60. The van der Waals surface area contributed by atoms with Crippen LogP contribution in [0.3, 0.4) is 0 Å². The first-order chi connectivity index (χ1) is 9.97. The van der Waals surface area contributed by atoms with Crippen molar-refractivity contribution in [3.63, 3.8) is 0 Å². The van der Waals surface area contributed by atoms with E-state index in [9.17, 15) is 9.59 Å². The van der Waals surface area contributed by atoms with Crippen LogP contribution in [0.5, 0.6) is 0 Å². The van der Waals surface area contributed by atoms with E-state index in [-0.39, 0.29) is 11.8 Å². The summed E-state index contributed by atoms with van der Waals surface area (Å²) < 4.78 is 1.48. The third-order valence-electron chi connectivity index (χ3n) is 4.66. The normalized spacial score (nSPS) is 26.0. The Kier molecular flexibility index (Phi) is 3.43. The van der Waals surface area contributed by atoms with Gasteiger partial charge < -0.3 is 9.80 Å². The minimum absolute atomic E-state index is 0.0536. The number of aryl methyl sites for hydroxylation is 1. The maximum atomic E-state index is 12.9. The highest BCUT2D eigenvalue weighted by molar-refractivity contribution is 6.33. The van der Waals surface area contributed by atoms with Crippen LogP contribution in [0.15, 0.2) is 6.20 Å². The molecule has 0 aliphatic carbocycles. The second kappa shape index (κ2) is 5.02. The summed E-state index contributed by atoms with van der Waals surface area (Å²) in [4.78, 5) is 29.0. The van der Waals surface area contributed by atoms with Crippen LogP contribution in [0.2, 0.25) is 5.02 Å². The third-order valence-corrected chi connectivity index (χ3v) is 4.94. The molecule has 1 aromatic heterocycles. The molecule has 21 heavy (non-hydrogen) atoms. The number of carbonyl (C=O) groups is 2. The molecule has 0 aromatic carbocycles. The molecule has 2 aliphatic rings. The zero-order chi connectivity index (χ0) is 15.2. The van der Waals surface area contributed by atoms with E-state index in [1.54, 1.807) is 23.9 Å². The Morgan fingerprint density at radius 2 is 1.95 bits per heavy atom. The lowest BCUT2D eigenvalue weighted by Gasteiger charge is -2.43. The van der Waals surface area contributed by atoms with Gasteiger partial charge in [-0.15, -0.1) is 0 Å². The van der Waals surface area contributed by atoms with Crippen molar-refractivity contribution in [1.82, 2.24) is 19.6 Å². The summed E-state index contributed by atoms with van der Waals surface area (Å²) in [6.07, 6.45) is 4.70. The summed E-state index contributed by atoms with van der Waals surface area (Å²) in [5, 5.41) is 4.35. The lowest BCUT2D eigenvalue weighted by atomic mass is 9.85. The lowest BCUT2D eigenvalue weighted by molar-refractivity contribution is -0.144. The molecule has 1 aromatic rings. The number of hydrogen-bond acceptors (Lipinski definition) is 3. The van der Waals surface area contributed by atoms with E-state index in [0.717, 1.165) is 32.2 Å². The molecule has 3 heterocycles. The Balaban J connectivity index is 1.98. The molecule has 1 atom stereocenters. The molecule has 0 radical (unpaired) electrons. The largest absolute Gasteiger partial charge is 0.344 e. The summed E-state index contributed by atoms with van der Waals surface area (Å²) in [6.45, 7) is 1.36. The number of aromatic nitrogens is 2. The number of likely N-dealkylation sites (tertiary alicyclic amines) is 2. The molecule has 1 unspecified atom stereocenters. The van der Waals surface area contributed by atoms with Crippen LogP contribution in [0.25, 0.3) is 0 Å². The predicted molar refractivity (Wildman–Crippen MR) is 78.1 cm³/mol. The van der Waals surface area contributed by atoms with Crippen LogP contribution in [0, 0.1) is 0 Å². The second-order valence-corrected chi connectivity index (χ2v) is 6.29. The fourth-order valence-electron chi connectivity index (χ4n) is 3.61. The Labute approximate surface area is 128 Å². The van der Waals surface area contributed by atoms with Crippen LogP contribution < -0.4 is 0 Å². The van der Waals surface area contributed by atoms with E-state index in [1.165, 1.54) is 10.9 Å². The third kappa shape index (κ3) is 2.04. The average molecular weight is 311 g/mol. The monoisotopic (exact) mass is 310 g/mol. The van der Waals surface area contributed by atoms with Crippen molar-refractivity contribution >= 4 is 23.4 Å². The van der Waals surface area contributed by atoms with Gasteiger partial charge in [0.2, 0.25) is 5.91 Å². The molecule has 6 nitrogen and oxygen atoms in total. The van der Waals surface area contributed by atoms with Gasteiger partial charge >= 0.3 is 0 Å². The molecule has 2 saturated heterocycles. The highest BCUT2D eigenvalue weighted by Gasteiger charge is 2.52. The molecule has 0 N–H and O–H groups in total. The van der Waals surface area contributed by atoms with Crippen LogP contribution in [-0.4, -0.2) is 57.1 Å². The van der Waals surface area contributed by atoms with Crippen molar-refractivity contribution in [1.29, 1.82) is 0 Å². The average Bonchev–Trinajstić information content (AvgIpc) is 3.01. The molecule has 3 rings (SSSR count). The van der Waals surface area contributed by atoms with E-state index < -0.39 is 5.54 Å². The van der Waals surface area contributed by atoms with Gasteiger partial charge in [-0.05, 0) is 25.7 Å². The number of hydrogen-bond donors (Lipinski definition) is 0. The zero-order valence-electron chi connectivity index (χ0n) is 12.3. The van der Waals surface area contributed by atoms with Crippen LogP contribution in [-0.2, 0) is 11.8 Å². The van der Waals surface area contributed by atoms with Crippen molar-refractivity contribution in [3.05, 3.63) is 16.9 Å². The quantitative estimate of drug-likeness (QED) is 0.785. The Morgan fingerprint density at radius 1 is 1.29 bits per heavy atom. The molecular formula is C14H19ClN4O2. The van der Waals surface area contributed by atoms with Crippen molar-refractivity contribution in [2.24, 2.45) is 7.05 Å². The van der Waals surface area contributed by atoms with Gasteiger partial charge in [0, 0.05) is 27.2 Å². The van der Waals surface area contributed by atoms with Crippen molar-refractivity contribution < 1.29 is 9.59 Å². The van der Waals surface area contributed by atoms with Gasteiger partial charge in [0.15, 0.2) is 0 Å². The highest BCUT2D eigenvalue weighted by Crippen LogP contribution is 2.39. The second-order valence-electron chi connectivity index (χ2n) is 5.89. The van der Waals surface area contributed by atoms with Crippen LogP contribution in [0.4, 0.5) is 0 Å². The number of nitrogens with zero attached hydrogens (tertiary/aromatic N) is 4. The Hall–Kier alpha value is -1.56. The summed E-state index contributed by atoms with van der Waals surface area (Å²) in [6, 6.07) is 0. The van der Waals surface area contributed by atoms with Crippen molar-refractivity contribution in [2.75, 3.05) is 20.1 Å². The molecule has 0 bridgehead atoms. The van der Waals surface area contributed by atoms with Gasteiger partial charge in [-0.1, -0.05) is 11.6 Å².